The van der Waals surface area contributed by atoms with Crippen LogP contribution in [0.25, 0.3) is 0 Å². The largest absolute Gasteiger partial charge is 0.451 e. The fourth-order valence-corrected chi connectivity index (χ4v) is 2.74. The summed E-state index contributed by atoms with van der Waals surface area (Å²) in [6, 6.07) is 8.96. The van der Waals surface area contributed by atoms with Crippen LogP contribution >= 0.6 is 0 Å². The van der Waals surface area contributed by atoms with E-state index in [-0.39, 0.29) is 37.8 Å². The molecule has 0 aliphatic carbocycles. The number of amides is 1. The standard InChI is InChI=1S/C16H14F3N5O/c17-16(18,19)15-22-21-13-10-23(7-8-24(13)15)14(25)6-5-11-1-3-12(9-20)4-2-11/h1-4H,5-8,10H2. The number of fused-ring (bicyclic) bond motifs is 1. The summed E-state index contributed by atoms with van der Waals surface area (Å²) >= 11 is 0. The van der Waals surface area contributed by atoms with Crippen molar-refractivity contribution in [3.05, 3.63) is 47.0 Å². The van der Waals surface area contributed by atoms with Gasteiger partial charge >= 0.3 is 6.18 Å². The van der Waals surface area contributed by atoms with E-state index in [0.29, 0.717) is 12.0 Å². The molecule has 0 fully saturated rings. The summed E-state index contributed by atoms with van der Waals surface area (Å²) in [5.74, 6) is -1.02. The summed E-state index contributed by atoms with van der Waals surface area (Å²) in [4.78, 5) is 13.8. The molecule has 0 unspecified atom stereocenters. The van der Waals surface area contributed by atoms with Crippen LogP contribution in [0.4, 0.5) is 13.2 Å². The number of alkyl halides is 3. The Morgan fingerprint density at radius 2 is 1.92 bits per heavy atom. The van der Waals surface area contributed by atoms with E-state index in [1.54, 1.807) is 24.3 Å². The molecule has 0 radical (unpaired) electrons. The number of carbonyl (C=O) groups is 1. The van der Waals surface area contributed by atoms with Crippen molar-refractivity contribution in [3.63, 3.8) is 0 Å². The van der Waals surface area contributed by atoms with Crippen molar-refractivity contribution in [3.8, 4) is 6.07 Å². The zero-order valence-electron chi connectivity index (χ0n) is 13.1. The number of halogens is 3. The van der Waals surface area contributed by atoms with E-state index >= 15 is 0 Å². The molecule has 2 heterocycles. The zero-order chi connectivity index (χ0) is 18.0. The van der Waals surface area contributed by atoms with Gasteiger partial charge in [-0.3, -0.25) is 4.79 Å². The summed E-state index contributed by atoms with van der Waals surface area (Å²) in [6.45, 7) is 0.245. The third-order valence-electron chi connectivity index (χ3n) is 4.07. The third kappa shape index (κ3) is 3.63. The van der Waals surface area contributed by atoms with E-state index in [9.17, 15) is 18.0 Å². The fraction of sp³-hybridized carbons (Fsp3) is 0.375. The first-order valence-electron chi connectivity index (χ1n) is 7.64. The van der Waals surface area contributed by atoms with Gasteiger partial charge in [-0.15, -0.1) is 10.2 Å². The van der Waals surface area contributed by atoms with Gasteiger partial charge in [0, 0.05) is 19.5 Å². The highest BCUT2D eigenvalue weighted by Gasteiger charge is 2.39. The van der Waals surface area contributed by atoms with Crippen molar-refractivity contribution in [2.75, 3.05) is 6.54 Å². The first kappa shape index (κ1) is 17.0. The lowest BCUT2D eigenvalue weighted by atomic mass is 10.1. The predicted octanol–water partition coefficient (Wildman–Crippen LogP) is 2.14. The monoisotopic (exact) mass is 349 g/mol. The fourth-order valence-electron chi connectivity index (χ4n) is 2.74. The Balaban J connectivity index is 1.61. The second kappa shape index (κ2) is 6.55. The first-order chi connectivity index (χ1) is 11.9. The van der Waals surface area contributed by atoms with E-state index in [0.717, 1.165) is 10.1 Å². The molecule has 2 aromatic rings. The van der Waals surface area contributed by atoms with Gasteiger partial charge in [-0.2, -0.15) is 18.4 Å². The van der Waals surface area contributed by atoms with Crippen LogP contribution in [0, 0.1) is 11.3 Å². The molecule has 6 nitrogen and oxygen atoms in total. The van der Waals surface area contributed by atoms with Crippen LogP contribution in [0.2, 0.25) is 0 Å². The molecule has 0 atom stereocenters. The van der Waals surface area contributed by atoms with E-state index in [1.165, 1.54) is 4.90 Å². The Kier molecular flexibility index (Phi) is 4.44. The smallest absolute Gasteiger partial charge is 0.333 e. The molecule has 130 valence electrons. The molecule has 1 aliphatic rings. The van der Waals surface area contributed by atoms with Crippen molar-refractivity contribution >= 4 is 5.91 Å². The lowest BCUT2D eigenvalue weighted by Crippen LogP contribution is -2.39. The number of benzene rings is 1. The topological polar surface area (TPSA) is 74.8 Å². The van der Waals surface area contributed by atoms with Crippen LogP contribution in [-0.4, -0.2) is 32.1 Å². The molecule has 1 aliphatic heterocycles. The zero-order valence-corrected chi connectivity index (χ0v) is 13.1. The SMILES string of the molecule is N#Cc1ccc(CCC(=O)N2CCn3c(nnc3C(F)(F)F)C2)cc1. The molecular formula is C16H14F3N5O. The Morgan fingerprint density at radius 3 is 2.56 bits per heavy atom. The van der Waals surface area contributed by atoms with Crippen LogP contribution < -0.4 is 0 Å². The molecule has 1 aromatic heterocycles. The maximum absolute atomic E-state index is 12.8. The Morgan fingerprint density at radius 1 is 1.20 bits per heavy atom. The molecule has 9 heteroatoms. The first-order valence-corrected chi connectivity index (χ1v) is 7.64. The van der Waals surface area contributed by atoms with E-state index in [1.807, 2.05) is 6.07 Å². The van der Waals surface area contributed by atoms with E-state index in [2.05, 4.69) is 10.2 Å². The molecule has 25 heavy (non-hydrogen) atoms. The maximum Gasteiger partial charge on any atom is 0.451 e. The van der Waals surface area contributed by atoms with Gasteiger partial charge in [0.1, 0.15) is 0 Å². The van der Waals surface area contributed by atoms with E-state index in [4.69, 9.17) is 5.26 Å². The van der Waals surface area contributed by atoms with Crippen LogP contribution in [0.1, 0.15) is 29.2 Å². The highest BCUT2D eigenvalue weighted by atomic mass is 19.4. The minimum Gasteiger partial charge on any atom is -0.333 e. The highest BCUT2D eigenvalue weighted by molar-refractivity contribution is 5.76. The van der Waals surface area contributed by atoms with Crippen molar-refractivity contribution in [2.45, 2.75) is 32.1 Å². The summed E-state index contributed by atoms with van der Waals surface area (Å²) in [5, 5.41) is 15.5. The lowest BCUT2D eigenvalue weighted by Gasteiger charge is -2.28. The Hall–Kier alpha value is -2.89. The third-order valence-corrected chi connectivity index (χ3v) is 4.07. The molecule has 0 N–H and O–H groups in total. The minimum absolute atomic E-state index is 0.0231. The molecule has 0 bridgehead atoms. The summed E-state index contributed by atoms with van der Waals surface area (Å²) in [5.41, 5.74) is 1.47. The van der Waals surface area contributed by atoms with Gasteiger partial charge in [-0.1, -0.05) is 12.1 Å². The number of carbonyl (C=O) groups excluding carboxylic acids is 1. The van der Waals surface area contributed by atoms with Gasteiger partial charge in [0.2, 0.25) is 11.7 Å². The summed E-state index contributed by atoms with van der Waals surface area (Å²) in [7, 11) is 0. The average molecular weight is 349 g/mol. The van der Waals surface area contributed by atoms with Crippen molar-refractivity contribution in [1.29, 1.82) is 5.26 Å². The number of nitrogens with zero attached hydrogens (tertiary/aromatic N) is 5. The predicted molar refractivity (Wildman–Crippen MR) is 79.9 cm³/mol. The maximum atomic E-state index is 12.8. The Labute approximate surface area is 141 Å². The molecule has 0 saturated heterocycles. The van der Waals surface area contributed by atoms with Crippen LogP contribution in [0.3, 0.4) is 0 Å². The van der Waals surface area contributed by atoms with Crippen LogP contribution in [0.15, 0.2) is 24.3 Å². The number of aryl methyl sites for hydroxylation is 1. The molecule has 1 amide bonds. The molecule has 0 saturated carbocycles. The number of aromatic nitrogens is 3. The van der Waals surface area contributed by atoms with Crippen molar-refractivity contribution in [2.24, 2.45) is 0 Å². The quantitative estimate of drug-likeness (QED) is 0.851. The molecule has 3 rings (SSSR count). The summed E-state index contributed by atoms with van der Waals surface area (Å²) < 4.78 is 39.4. The van der Waals surface area contributed by atoms with Gasteiger partial charge in [0.15, 0.2) is 5.82 Å². The average Bonchev–Trinajstić information content (AvgIpc) is 3.03. The van der Waals surface area contributed by atoms with Gasteiger partial charge < -0.3 is 9.47 Å². The Bertz CT molecular complexity index is 820. The van der Waals surface area contributed by atoms with Crippen molar-refractivity contribution < 1.29 is 18.0 Å². The lowest BCUT2D eigenvalue weighted by molar-refractivity contribution is -0.148. The number of nitriles is 1. The second-order valence-electron chi connectivity index (χ2n) is 5.71. The van der Waals surface area contributed by atoms with Gasteiger partial charge in [-0.05, 0) is 24.1 Å². The highest BCUT2D eigenvalue weighted by Crippen LogP contribution is 2.29. The number of hydrogen-bond donors (Lipinski definition) is 0. The van der Waals surface area contributed by atoms with E-state index < -0.39 is 12.0 Å². The minimum atomic E-state index is -4.55. The van der Waals surface area contributed by atoms with Gasteiger partial charge in [0.05, 0.1) is 18.2 Å². The number of rotatable bonds is 3. The van der Waals surface area contributed by atoms with Crippen molar-refractivity contribution in [1.82, 2.24) is 19.7 Å². The molecule has 0 spiro atoms. The molecule has 1 aromatic carbocycles. The van der Waals surface area contributed by atoms with Gasteiger partial charge in [0.25, 0.3) is 0 Å². The van der Waals surface area contributed by atoms with Crippen LogP contribution in [-0.2, 0) is 30.5 Å². The van der Waals surface area contributed by atoms with Gasteiger partial charge in [-0.25, -0.2) is 0 Å². The van der Waals surface area contributed by atoms with Crippen LogP contribution in [0.5, 0.6) is 0 Å². The number of hydrogen-bond acceptors (Lipinski definition) is 4. The normalized spacial score (nSPS) is 14.1. The second-order valence-corrected chi connectivity index (χ2v) is 5.71. The molecular weight excluding hydrogens is 335 g/mol. The summed E-state index contributed by atoms with van der Waals surface area (Å²) in [6.07, 6.45) is -3.80.